The molecule has 0 aliphatic heterocycles. The van der Waals surface area contributed by atoms with Gasteiger partial charge in [-0.1, -0.05) is 5.16 Å². The largest absolute Gasteiger partial charge is 0.389 e. The molecule has 0 saturated carbocycles. The average molecular weight is 192 g/mol. The Bertz CT molecular complexity index is 390. The van der Waals surface area contributed by atoms with Gasteiger partial charge in [-0.3, -0.25) is 0 Å². The molecule has 2 heterocycles. The quantitative estimate of drug-likeness (QED) is 0.803. The van der Waals surface area contributed by atoms with Gasteiger partial charge in [-0.25, -0.2) is 0 Å². The molecule has 1 N–H and O–H groups in total. The molecule has 2 aromatic rings. The highest BCUT2D eigenvalue weighted by molar-refractivity contribution is 5.13. The van der Waals surface area contributed by atoms with Crippen LogP contribution in [-0.2, 0) is 6.54 Å². The summed E-state index contributed by atoms with van der Waals surface area (Å²) in [6.45, 7) is 2.39. The number of hydrogen-bond acceptors (Lipinski definition) is 3. The monoisotopic (exact) mass is 192 g/mol. The van der Waals surface area contributed by atoms with E-state index in [-0.39, 0.29) is 0 Å². The van der Waals surface area contributed by atoms with Gasteiger partial charge in [0, 0.05) is 18.5 Å². The highest BCUT2D eigenvalue weighted by Crippen LogP contribution is 2.12. The fraction of sp³-hybridized carbons (Fsp3) is 0.300. The van der Waals surface area contributed by atoms with E-state index in [4.69, 9.17) is 4.52 Å². The molecule has 0 radical (unpaired) electrons. The first-order chi connectivity index (χ1) is 6.75. The van der Waals surface area contributed by atoms with Gasteiger partial charge < -0.3 is 14.2 Å². The Hall–Kier alpha value is -1.55. The van der Waals surface area contributed by atoms with Crippen molar-refractivity contribution in [3.05, 3.63) is 42.0 Å². The van der Waals surface area contributed by atoms with E-state index in [1.54, 1.807) is 13.1 Å². The molecular weight excluding hydrogens is 180 g/mol. The van der Waals surface area contributed by atoms with Crippen molar-refractivity contribution in [2.75, 3.05) is 0 Å². The second kappa shape index (κ2) is 3.67. The van der Waals surface area contributed by atoms with Crippen molar-refractivity contribution in [3.63, 3.8) is 0 Å². The Kier molecular flexibility index (Phi) is 2.37. The molecule has 0 bridgehead atoms. The molecule has 74 valence electrons. The van der Waals surface area contributed by atoms with Gasteiger partial charge in [-0.2, -0.15) is 0 Å². The summed E-state index contributed by atoms with van der Waals surface area (Å²) in [4.78, 5) is 0. The van der Waals surface area contributed by atoms with Gasteiger partial charge in [-0.05, 0) is 18.6 Å². The van der Waals surface area contributed by atoms with E-state index in [1.807, 2.05) is 29.1 Å². The molecule has 0 spiro atoms. The van der Waals surface area contributed by atoms with E-state index in [1.165, 1.54) is 0 Å². The van der Waals surface area contributed by atoms with E-state index < -0.39 is 6.10 Å². The standard InChI is InChI=1S/C10H12N2O2/c1-8(13)9-3-5-12(6-9)7-10-2-4-11-14-10/h2-6,8,13H,7H2,1H3. The first kappa shape index (κ1) is 9.02. The minimum absolute atomic E-state index is 0.425. The van der Waals surface area contributed by atoms with E-state index >= 15 is 0 Å². The normalized spacial score (nSPS) is 13.0. The van der Waals surface area contributed by atoms with Crippen LogP contribution in [0.25, 0.3) is 0 Å². The zero-order valence-electron chi connectivity index (χ0n) is 7.92. The minimum atomic E-state index is -0.425. The fourth-order valence-electron chi connectivity index (χ4n) is 1.31. The molecule has 2 rings (SSSR count). The number of nitrogens with zero attached hydrogens (tertiary/aromatic N) is 2. The van der Waals surface area contributed by atoms with Gasteiger partial charge in [0.15, 0.2) is 5.76 Å². The molecule has 1 unspecified atom stereocenters. The molecule has 2 aromatic heterocycles. The summed E-state index contributed by atoms with van der Waals surface area (Å²) in [6.07, 6.45) is 5.00. The molecule has 0 saturated heterocycles. The summed E-state index contributed by atoms with van der Waals surface area (Å²) in [7, 11) is 0. The maximum absolute atomic E-state index is 9.31. The summed E-state index contributed by atoms with van der Waals surface area (Å²) < 4.78 is 6.92. The number of hydrogen-bond donors (Lipinski definition) is 1. The molecule has 0 aliphatic carbocycles. The second-order valence-electron chi connectivity index (χ2n) is 3.27. The van der Waals surface area contributed by atoms with E-state index in [9.17, 15) is 5.11 Å². The predicted molar refractivity (Wildman–Crippen MR) is 50.7 cm³/mol. The SMILES string of the molecule is CC(O)c1ccn(Cc2ccno2)c1. The van der Waals surface area contributed by atoms with Crippen LogP contribution in [0.5, 0.6) is 0 Å². The minimum Gasteiger partial charge on any atom is -0.389 e. The number of aromatic nitrogens is 2. The zero-order valence-corrected chi connectivity index (χ0v) is 7.92. The van der Waals surface area contributed by atoms with Crippen molar-refractivity contribution >= 4 is 0 Å². The molecule has 0 amide bonds. The van der Waals surface area contributed by atoms with Crippen LogP contribution in [0.2, 0.25) is 0 Å². The van der Waals surface area contributed by atoms with Crippen LogP contribution in [0.15, 0.2) is 35.2 Å². The van der Waals surface area contributed by atoms with Gasteiger partial charge in [0.05, 0.1) is 18.8 Å². The Morgan fingerprint density at radius 3 is 3.00 bits per heavy atom. The Balaban J connectivity index is 2.11. The summed E-state index contributed by atoms with van der Waals surface area (Å²) in [5.74, 6) is 0.803. The fourth-order valence-corrected chi connectivity index (χ4v) is 1.31. The van der Waals surface area contributed by atoms with Crippen LogP contribution in [0.3, 0.4) is 0 Å². The third kappa shape index (κ3) is 1.85. The Labute approximate surface area is 81.8 Å². The first-order valence-corrected chi connectivity index (χ1v) is 4.49. The van der Waals surface area contributed by atoms with Crippen LogP contribution < -0.4 is 0 Å². The zero-order chi connectivity index (χ0) is 9.97. The average Bonchev–Trinajstić information content (AvgIpc) is 2.75. The summed E-state index contributed by atoms with van der Waals surface area (Å²) in [5.41, 5.74) is 0.907. The smallest absolute Gasteiger partial charge is 0.156 e. The van der Waals surface area contributed by atoms with Gasteiger partial charge in [0.1, 0.15) is 0 Å². The summed E-state index contributed by atoms with van der Waals surface area (Å²) in [6, 6.07) is 3.71. The third-order valence-corrected chi connectivity index (χ3v) is 2.09. The van der Waals surface area contributed by atoms with Crippen molar-refractivity contribution < 1.29 is 9.63 Å². The van der Waals surface area contributed by atoms with Crippen LogP contribution in [0, 0.1) is 0 Å². The van der Waals surface area contributed by atoms with Crippen LogP contribution in [0.4, 0.5) is 0 Å². The lowest BCUT2D eigenvalue weighted by Gasteiger charge is -1.99. The summed E-state index contributed by atoms with van der Waals surface area (Å²) in [5, 5.41) is 12.9. The summed E-state index contributed by atoms with van der Waals surface area (Å²) >= 11 is 0. The Morgan fingerprint density at radius 2 is 2.43 bits per heavy atom. The number of rotatable bonds is 3. The lowest BCUT2D eigenvalue weighted by molar-refractivity contribution is 0.199. The first-order valence-electron chi connectivity index (χ1n) is 4.49. The van der Waals surface area contributed by atoms with E-state index in [2.05, 4.69) is 5.16 Å². The molecule has 1 atom stereocenters. The van der Waals surface area contributed by atoms with Crippen molar-refractivity contribution in [1.82, 2.24) is 9.72 Å². The number of aliphatic hydroxyl groups excluding tert-OH is 1. The highest BCUT2D eigenvalue weighted by Gasteiger charge is 2.04. The topological polar surface area (TPSA) is 51.2 Å². The van der Waals surface area contributed by atoms with E-state index in [0.717, 1.165) is 11.3 Å². The van der Waals surface area contributed by atoms with Gasteiger partial charge in [0.2, 0.25) is 0 Å². The lowest BCUT2D eigenvalue weighted by Crippen LogP contribution is -1.95. The molecule has 4 nitrogen and oxygen atoms in total. The van der Waals surface area contributed by atoms with Gasteiger partial charge in [0.25, 0.3) is 0 Å². The van der Waals surface area contributed by atoms with Crippen LogP contribution in [0.1, 0.15) is 24.4 Å². The third-order valence-electron chi connectivity index (χ3n) is 2.09. The molecule has 4 heteroatoms. The van der Waals surface area contributed by atoms with Gasteiger partial charge in [-0.15, -0.1) is 0 Å². The van der Waals surface area contributed by atoms with Crippen molar-refractivity contribution in [2.45, 2.75) is 19.6 Å². The molecular formula is C10H12N2O2. The van der Waals surface area contributed by atoms with Crippen molar-refractivity contribution in [2.24, 2.45) is 0 Å². The predicted octanol–water partition coefficient (Wildman–Crippen LogP) is 1.58. The number of aliphatic hydroxyl groups is 1. The second-order valence-corrected chi connectivity index (χ2v) is 3.27. The Morgan fingerprint density at radius 1 is 1.57 bits per heavy atom. The lowest BCUT2D eigenvalue weighted by atomic mass is 10.2. The maximum Gasteiger partial charge on any atom is 0.156 e. The van der Waals surface area contributed by atoms with Gasteiger partial charge >= 0.3 is 0 Å². The van der Waals surface area contributed by atoms with Crippen LogP contribution in [-0.4, -0.2) is 14.8 Å². The molecule has 0 fully saturated rings. The molecule has 0 aliphatic rings. The molecule has 0 aromatic carbocycles. The van der Waals surface area contributed by atoms with Crippen molar-refractivity contribution in [1.29, 1.82) is 0 Å². The van der Waals surface area contributed by atoms with Crippen LogP contribution >= 0.6 is 0 Å². The maximum atomic E-state index is 9.31. The van der Waals surface area contributed by atoms with Crippen molar-refractivity contribution in [3.8, 4) is 0 Å². The molecule has 14 heavy (non-hydrogen) atoms. The highest BCUT2D eigenvalue weighted by atomic mass is 16.5. The van der Waals surface area contributed by atoms with E-state index in [0.29, 0.717) is 6.54 Å².